The number of nitrogens with two attached hydrogens (primary N) is 1. The highest BCUT2D eigenvalue weighted by atomic mass is 32.2. The number of aliphatic carboxylic acids is 1. The van der Waals surface area contributed by atoms with E-state index in [4.69, 9.17) is 10.8 Å². The highest BCUT2D eigenvalue weighted by molar-refractivity contribution is 7.98. The van der Waals surface area contributed by atoms with Crippen LogP contribution in [0.15, 0.2) is 17.8 Å². The van der Waals surface area contributed by atoms with Gasteiger partial charge in [-0.15, -0.1) is 11.3 Å². The molecular weight excluding hydrogens is 258 g/mol. The number of imidazole rings is 1. The molecule has 0 spiro atoms. The monoisotopic (exact) mass is 271 g/mol. The number of thiazole rings is 1. The molecule has 0 bridgehead atoms. The van der Waals surface area contributed by atoms with Crippen LogP contribution in [0.1, 0.15) is 12.1 Å². The van der Waals surface area contributed by atoms with Gasteiger partial charge in [0.1, 0.15) is 6.04 Å². The van der Waals surface area contributed by atoms with Crippen LogP contribution >= 0.6 is 23.1 Å². The Morgan fingerprint density at radius 2 is 2.53 bits per heavy atom. The van der Waals surface area contributed by atoms with E-state index < -0.39 is 12.0 Å². The Hall–Kier alpha value is -1.05. The summed E-state index contributed by atoms with van der Waals surface area (Å²) >= 11 is 3.26. The fourth-order valence-corrected chi connectivity index (χ4v) is 2.99. The Morgan fingerprint density at radius 1 is 1.71 bits per heavy atom. The summed E-state index contributed by atoms with van der Waals surface area (Å²) in [6.45, 7) is 0. The van der Waals surface area contributed by atoms with Crippen molar-refractivity contribution in [1.82, 2.24) is 9.38 Å². The topological polar surface area (TPSA) is 80.6 Å². The lowest BCUT2D eigenvalue weighted by Crippen LogP contribution is -2.30. The van der Waals surface area contributed by atoms with Gasteiger partial charge in [-0.05, 0) is 12.2 Å². The number of rotatable bonds is 6. The second-order valence-corrected chi connectivity index (χ2v) is 5.59. The molecular formula is C10H13N3O2S2. The molecule has 0 aliphatic rings. The summed E-state index contributed by atoms with van der Waals surface area (Å²) in [5.74, 6) is 0.590. The number of carboxylic acids is 1. The van der Waals surface area contributed by atoms with Crippen LogP contribution in [0.2, 0.25) is 0 Å². The van der Waals surface area contributed by atoms with Crippen molar-refractivity contribution in [3.05, 3.63) is 23.5 Å². The molecule has 0 radical (unpaired) electrons. The molecule has 1 atom stereocenters. The Morgan fingerprint density at radius 3 is 3.24 bits per heavy atom. The van der Waals surface area contributed by atoms with Crippen LogP contribution in [0.4, 0.5) is 0 Å². The number of carbonyl (C=O) groups is 1. The summed E-state index contributed by atoms with van der Waals surface area (Å²) < 4.78 is 1.99. The zero-order chi connectivity index (χ0) is 12.3. The van der Waals surface area contributed by atoms with Gasteiger partial charge in [0.05, 0.1) is 5.69 Å². The molecule has 17 heavy (non-hydrogen) atoms. The van der Waals surface area contributed by atoms with Crippen LogP contribution in [0.5, 0.6) is 0 Å². The van der Waals surface area contributed by atoms with Crippen molar-refractivity contribution in [2.45, 2.75) is 18.2 Å². The number of nitrogens with zero attached hydrogens (tertiary/aromatic N) is 2. The average molecular weight is 271 g/mol. The molecule has 0 saturated heterocycles. The first-order chi connectivity index (χ1) is 8.16. The lowest BCUT2D eigenvalue weighted by Gasteiger charge is -2.04. The molecule has 1 unspecified atom stereocenters. The Balaban J connectivity index is 1.75. The molecule has 0 fully saturated rings. The van der Waals surface area contributed by atoms with E-state index in [0.717, 1.165) is 22.2 Å². The highest BCUT2D eigenvalue weighted by Crippen LogP contribution is 2.16. The number of hydrogen-bond acceptors (Lipinski definition) is 5. The average Bonchev–Trinajstić information content (AvgIpc) is 2.83. The third-order valence-corrected chi connectivity index (χ3v) is 4.08. The summed E-state index contributed by atoms with van der Waals surface area (Å²) in [5.41, 5.74) is 6.43. The molecule has 2 aromatic heterocycles. The molecule has 7 heteroatoms. The van der Waals surface area contributed by atoms with Gasteiger partial charge >= 0.3 is 5.97 Å². The van der Waals surface area contributed by atoms with Gasteiger partial charge < -0.3 is 10.8 Å². The van der Waals surface area contributed by atoms with Crippen molar-refractivity contribution < 1.29 is 9.90 Å². The lowest BCUT2D eigenvalue weighted by atomic mass is 10.2. The summed E-state index contributed by atoms with van der Waals surface area (Å²) in [4.78, 5) is 15.9. The van der Waals surface area contributed by atoms with Gasteiger partial charge in [-0.2, -0.15) is 11.8 Å². The van der Waals surface area contributed by atoms with E-state index in [1.165, 1.54) is 0 Å². The first-order valence-electron chi connectivity index (χ1n) is 5.14. The normalized spacial score (nSPS) is 13.0. The molecule has 2 rings (SSSR count). The predicted octanol–water partition coefficient (Wildman–Crippen LogP) is 1.43. The number of aromatic nitrogens is 2. The lowest BCUT2D eigenvalue weighted by molar-refractivity contribution is -0.138. The van der Waals surface area contributed by atoms with Gasteiger partial charge in [-0.25, -0.2) is 4.98 Å². The molecule has 3 N–H and O–H groups in total. The second kappa shape index (κ2) is 5.52. The fraction of sp³-hybridized carbons (Fsp3) is 0.400. The summed E-state index contributed by atoms with van der Waals surface area (Å²) in [6.07, 6.45) is 4.46. The maximum absolute atomic E-state index is 10.5. The minimum atomic E-state index is -0.937. The molecule has 2 heterocycles. The quantitative estimate of drug-likeness (QED) is 0.777. The van der Waals surface area contributed by atoms with E-state index in [2.05, 4.69) is 4.98 Å². The van der Waals surface area contributed by atoms with Gasteiger partial charge in [0, 0.05) is 23.5 Å². The standard InChI is InChI=1S/C10H13N3O2S2/c11-8(9(14)15)1-3-16-6-7-5-13-2-4-17-10(13)12-7/h2,4-5,8H,1,3,6,11H2,(H,14,15). The molecule has 92 valence electrons. The van der Waals surface area contributed by atoms with Crippen molar-refractivity contribution in [3.63, 3.8) is 0 Å². The van der Waals surface area contributed by atoms with Crippen LogP contribution < -0.4 is 5.73 Å². The smallest absolute Gasteiger partial charge is 0.320 e. The van der Waals surface area contributed by atoms with Crippen LogP contribution in [-0.2, 0) is 10.5 Å². The van der Waals surface area contributed by atoms with Crippen molar-refractivity contribution in [3.8, 4) is 0 Å². The SMILES string of the molecule is NC(CCSCc1cn2ccsc2n1)C(=O)O. The third kappa shape index (κ3) is 3.21. The van der Waals surface area contributed by atoms with Gasteiger partial charge in [0.25, 0.3) is 0 Å². The molecule has 0 aromatic carbocycles. The zero-order valence-corrected chi connectivity index (χ0v) is 10.7. The first kappa shape index (κ1) is 12.4. The number of carboxylic acid groups (broad SMARTS) is 1. The highest BCUT2D eigenvalue weighted by Gasteiger charge is 2.10. The third-order valence-electron chi connectivity index (χ3n) is 2.28. The summed E-state index contributed by atoms with van der Waals surface area (Å²) in [5, 5.41) is 10.6. The van der Waals surface area contributed by atoms with Gasteiger partial charge in [0.2, 0.25) is 0 Å². The van der Waals surface area contributed by atoms with Gasteiger partial charge in [0.15, 0.2) is 4.96 Å². The Bertz CT molecular complexity index is 480. The summed E-state index contributed by atoms with van der Waals surface area (Å²) in [7, 11) is 0. The second-order valence-electron chi connectivity index (χ2n) is 3.61. The molecule has 5 nitrogen and oxygen atoms in total. The van der Waals surface area contributed by atoms with Crippen LogP contribution in [0.3, 0.4) is 0 Å². The minimum Gasteiger partial charge on any atom is -0.480 e. The van der Waals surface area contributed by atoms with Crippen molar-refractivity contribution in [2.24, 2.45) is 5.73 Å². The van der Waals surface area contributed by atoms with Gasteiger partial charge in [-0.1, -0.05) is 0 Å². The maximum Gasteiger partial charge on any atom is 0.320 e. The van der Waals surface area contributed by atoms with Crippen LogP contribution in [0.25, 0.3) is 4.96 Å². The van der Waals surface area contributed by atoms with Gasteiger partial charge in [-0.3, -0.25) is 9.20 Å². The van der Waals surface area contributed by atoms with E-state index in [0.29, 0.717) is 6.42 Å². The number of thioether (sulfide) groups is 1. The van der Waals surface area contributed by atoms with E-state index in [-0.39, 0.29) is 0 Å². The molecule has 0 saturated carbocycles. The zero-order valence-electron chi connectivity index (χ0n) is 9.07. The molecule has 0 aliphatic carbocycles. The largest absolute Gasteiger partial charge is 0.480 e. The van der Waals surface area contributed by atoms with Crippen molar-refractivity contribution in [1.29, 1.82) is 0 Å². The predicted molar refractivity (Wildman–Crippen MR) is 69.5 cm³/mol. The van der Waals surface area contributed by atoms with Crippen molar-refractivity contribution in [2.75, 3.05) is 5.75 Å². The maximum atomic E-state index is 10.5. The minimum absolute atomic E-state index is 0.488. The Kier molecular flexibility index (Phi) is 4.03. The van der Waals surface area contributed by atoms with E-state index in [9.17, 15) is 4.79 Å². The van der Waals surface area contributed by atoms with Crippen LogP contribution in [0, 0.1) is 0 Å². The first-order valence-corrected chi connectivity index (χ1v) is 7.17. The summed E-state index contributed by atoms with van der Waals surface area (Å²) in [6, 6.07) is -0.756. The van der Waals surface area contributed by atoms with E-state index in [1.54, 1.807) is 23.1 Å². The number of hydrogen-bond donors (Lipinski definition) is 2. The Labute approximate surface area is 107 Å². The molecule has 0 aliphatic heterocycles. The van der Waals surface area contributed by atoms with E-state index in [1.807, 2.05) is 22.2 Å². The molecule has 0 amide bonds. The van der Waals surface area contributed by atoms with Crippen molar-refractivity contribution >= 4 is 34.0 Å². The van der Waals surface area contributed by atoms with E-state index >= 15 is 0 Å². The number of fused-ring (bicyclic) bond motifs is 1. The fourth-order valence-electron chi connectivity index (χ4n) is 1.36. The van der Waals surface area contributed by atoms with Crippen LogP contribution in [-0.4, -0.2) is 32.3 Å². The molecule has 2 aromatic rings.